The first-order chi connectivity index (χ1) is 5.25. The third-order valence-corrected chi connectivity index (χ3v) is 1.41. The average molecular weight is 170 g/mol. The molecule has 0 saturated carbocycles. The van der Waals surface area contributed by atoms with Gasteiger partial charge >= 0.3 is 0 Å². The van der Waals surface area contributed by atoms with Crippen LogP contribution in [0.3, 0.4) is 0 Å². The van der Waals surface area contributed by atoms with Crippen LogP contribution in [0.15, 0.2) is 6.07 Å². The molecule has 6 heteroatoms. The highest BCUT2D eigenvalue weighted by Gasteiger charge is 2.01. The van der Waals surface area contributed by atoms with Crippen LogP contribution in [0, 0.1) is 0 Å². The molecular weight excluding hydrogens is 166 g/mol. The molecule has 3 N–H and O–H groups in total. The number of aromatic amines is 1. The van der Waals surface area contributed by atoms with Crippen molar-refractivity contribution in [1.82, 2.24) is 20.2 Å². The van der Waals surface area contributed by atoms with Gasteiger partial charge in [0.2, 0.25) is 10.9 Å². The van der Waals surface area contributed by atoms with Gasteiger partial charge in [-0.2, -0.15) is 4.98 Å². The maximum Gasteiger partial charge on any atom is 0.202 e. The number of fused-ring (bicyclic) bond motifs is 1. The number of hydrogen-bond donors (Lipinski definition) is 2. The van der Waals surface area contributed by atoms with Gasteiger partial charge in [0, 0.05) is 6.07 Å². The summed E-state index contributed by atoms with van der Waals surface area (Å²) in [6.07, 6.45) is 0. The molecular formula is C5H4ClN5. The molecule has 0 aliphatic rings. The van der Waals surface area contributed by atoms with Crippen molar-refractivity contribution in [3.63, 3.8) is 0 Å². The highest BCUT2D eigenvalue weighted by atomic mass is 35.5. The molecule has 0 radical (unpaired) electrons. The average Bonchev–Trinajstić information content (AvgIpc) is 2.27. The number of hydrogen-bond acceptors (Lipinski definition) is 4. The number of halogens is 1. The normalized spacial score (nSPS) is 10.6. The van der Waals surface area contributed by atoms with E-state index in [2.05, 4.69) is 20.2 Å². The number of aromatic nitrogens is 4. The SMILES string of the molecule is Nc1cc2[nH]c(Cl)nc2nn1. The summed E-state index contributed by atoms with van der Waals surface area (Å²) >= 11 is 5.56. The number of anilines is 1. The predicted molar refractivity (Wildman–Crippen MR) is 41.1 cm³/mol. The Morgan fingerprint density at radius 1 is 1.45 bits per heavy atom. The molecule has 0 atom stereocenters. The molecule has 2 aromatic heterocycles. The summed E-state index contributed by atoms with van der Waals surface area (Å²) < 4.78 is 0. The first kappa shape index (κ1) is 6.36. The van der Waals surface area contributed by atoms with Crippen LogP contribution in [0.2, 0.25) is 5.28 Å². The van der Waals surface area contributed by atoms with Crippen LogP contribution in [0.4, 0.5) is 5.82 Å². The Balaban J connectivity index is 2.82. The molecule has 2 heterocycles. The van der Waals surface area contributed by atoms with Gasteiger partial charge in [-0.05, 0) is 11.6 Å². The molecule has 11 heavy (non-hydrogen) atoms. The van der Waals surface area contributed by atoms with Gasteiger partial charge in [0.25, 0.3) is 0 Å². The van der Waals surface area contributed by atoms with E-state index in [1.54, 1.807) is 6.07 Å². The number of imidazole rings is 1. The molecule has 0 spiro atoms. The van der Waals surface area contributed by atoms with E-state index in [-0.39, 0.29) is 0 Å². The highest BCUT2D eigenvalue weighted by molar-refractivity contribution is 6.28. The minimum Gasteiger partial charge on any atom is -0.382 e. The molecule has 5 nitrogen and oxygen atoms in total. The number of nitrogens with two attached hydrogens (primary N) is 1. The van der Waals surface area contributed by atoms with E-state index in [0.717, 1.165) is 0 Å². The second-order valence-electron chi connectivity index (χ2n) is 2.03. The smallest absolute Gasteiger partial charge is 0.202 e. The predicted octanol–water partition coefficient (Wildman–Crippen LogP) is 0.589. The number of nitrogen functional groups attached to an aromatic ring is 1. The standard InChI is InChI=1S/C5H4ClN5/c6-5-8-2-1-3(7)10-11-4(2)9-5/h1H,(H2,7,10)(H,8,9,11). The van der Waals surface area contributed by atoms with Crippen LogP contribution in [-0.2, 0) is 0 Å². The van der Waals surface area contributed by atoms with E-state index in [9.17, 15) is 0 Å². The summed E-state index contributed by atoms with van der Waals surface area (Å²) in [5.74, 6) is 0.345. The Bertz CT molecular complexity index is 395. The Hall–Kier alpha value is -1.36. The Morgan fingerprint density at radius 2 is 2.27 bits per heavy atom. The largest absolute Gasteiger partial charge is 0.382 e. The zero-order chi connectivity index (χ0) is 7.84. The monoisotopic (exact) mass is 169 g/mol. The number of rotatable bonds is 0. The maximum absolute atomic E-state index is 5.56. The number of nitrogens with one attached hydrogen (secondary N) is 1. The van der Waals surface area contributed by atoms with Crippen molar-refractivity contribution < 1.29 is 0 Å². The molecule has 0 aliphatic carbocycles. The Labute approximate surface area is 66.6 Å². The first-order valence-corrected chi connectivity index (χ1v) is 3.28. The summed E-state index contributed by atoms with van der Waals surface area (Å²) in [5.41, 5.74) is 6.54. The van der Waals surface area contributed by atoms with Crippen molar-refractivity contribution in [3.05, 3.63) is 11.3 Å². The lowest BCUT2D eigenvalue weighted by atomic mass is 10.5. The topological polar surface area (TPSA) is 80.5 Å². The minimum absolute atomic E-state index is 0.292. The van der Waals surface area contributed by atoms with Crippen LogP contribution < -0.4 is 5.73 Å². The van der Waals surface area contributed by atoms with Crippen LogP contribution in [0.5, 0.6) is 0 Å². The third-order valence-electron chi connectivity index (χ3n) is 1.24. The van der Waals surface area contributed by atoms with Crippen LogP contribution in [0.25, 0.3) is 11.2 Å². The highest BCUT2D eigenvalue weighted by Crippen LogP contribution is 2.11. The fraction of sp³-hybridized carbons (Fsp3) is 0. The lowest BCUT2D eigenvalue weighted by Crippen LogP contribution is -1.91. The molecule has 0 amide bonds. The van der Waals surface area contributed by atoms with Crippen LogP contribution in [-0.4, -0.2) is 20.2 Å². The summed E-state index contributed by atoms with van der Waals surface area (Å²) in [6, 6.07) is 1.63. The number of H-pyrrole nitrogens is 1. The van der Waals surface area contributed by atoms with Crippen molar-refractivity contribution >= 4 is 28.6 Å². The number of nitrogens with zero attached hydrogens (tertiary/aromatic N) is 3. The molecule has 0 unspecified atom stereocenters. The van der Waals surface area contributed by atoms with E-state index in [0.29, 0.717) is 22.3 Å². The van der Waals surface area contributed by atoms with E-state index >= 15 is 0 Å². The molecule has 0 bridgehead atoms. The van der Waals surface area contributed by atoms with E-state index < -0.39 is 0 Å². The third kappa shape index (κ3) is 0.988. The summed E-state index contributed by atoms with van der Waals surface area (Å²) in [5, 5.41) is 7.60. The van der Waals surface area contributed by atoms with Gasteiger partial charge in [0.1, 0.15) is 5.82 Å². The Morgan fingerprint density at radius 3 is 3.09 bits per heavy atom. The Kier molecular flexibility index (Phi) is 1.19. The minimum atomic E-state index is 0.292. The van der Waals surface area contributed by atoms with Gasteiger partial charge in [0.15, 0.2) is 0 Å². The zero-order valence-corrected chi connectivity index (χ0v) is 6.13. The fourth-order valence-electron chi connectivity index (χ4n) is 0.807. The van der Waals surface area contributed by atoms with Crippen molar-refractivity contribution in [2.75, 3.05) is 5.73 Å². The van der Waals surface area contributed by atoms with Gasteiger partial charge in [-0.15, -0.1) is 10.2 Å². The van der Waals surface area contributed by atoms with Crippen molar-refractivity contribution in [2.24, 2.45) is 0 Å². The summed E-state index contributed by atoms with van der Waals surface area (Å²) in [6.45, 7) is 0. The summed E-state index contributed by atoms with van der Waals surface area (Å²) in [4.78, 5) is 6.61. The second-order valence-corrected chi connectivity index (χ2v) is 2.39. The molecule has 0 aromatic carbocycles. The summed E-state index contributed by atoms with van der Waals surface area (Å²) in [7, 11) is 0. The molecule has 0 saturated heterocycles. The van der Waals surface area contributed by atoms with Crippen LogP contribution >= 0.6 is 11.6 Å². The molecule has 56 valence electrons. The molecule has 2 aromatic rings. The zero-order valence-electron chi connectivity index (χ0n) is 5.37. The maximum atomic E-state index is 5.56. The van der Waals surface area contributed by atoms with Gasteiger partial charge in [-0.3, -0.25) is 0 Å². The lowest BCUT2D eigenvalue weighted by Gasteiger charge is -1.87. The van der Waals surface area contributed by atoms with Crippen molar-refractivity contribution in [3.8, 4) is 0 Å². The molecule has 0 fully saturated rings. The van der Waals surface area contributed by atoms with Gasteiger partial charge in [-0.25, -0.2) is 0 Å². The second kappa shape index (κ2) is 2.06. The quantitative estimate of drug-likeness (QED) is 0.605. The molecule has 2 rings (SSSR count). The van der Waals surface area contributed by atoms with Gasteiger partial charge in [0.05, 0.1) is 5.52 Å². The van der Waals surface area contributed by atoms with Crippen molar-refractivity contribution in [2.45, 2.75) is 0 Å². The van der Waals surface area contributed by atoms with Gasteiger partial charge < -0.3 is 10.7 Å². The van der Waals surface area contributed by atoms with E-state index in [1.807, 2.05) is 0 Å². The first-order valence-electron chi connectivity index (χ1n) is 2.90. The lowest BCUT2D eigenvalue weighted by molar-refractivity contribution is 1.07. The van der Waals surface area contributed by atoms with Gasteiger partial charge in [-0.1, -0.05) is 0 Å². The van der Waals surface area contributed by atoms with E-state index in [4.69, 9.17) is 17.3 Å². The van der Waals surface area contributed by atoms with Crippen LogP contribution in [0.1, 0.15) is 0 Å². The van der Waals surface area contributed by atoms with E-state index in [1.165, 1.54) is 0 Å². The van der Waals surface area contributed by atoms with Crippen molar-refractivity contribution in [1.29, 1.82) is 0 Å². The molecule has 0 aliphatic heterocycles. The fourth-order valence-corrected chi connectivity index (χ4v) is 0.989.